The van der Waals surface area contributed by atoms with Gasteiger partial charge in [0.1, 0.15) is 0 Å². The second-order valence-electron chi connectivity index (χ2n) is 7.72. The highest BCUT2D eigenvalue weighted by Gasteiger charge is 2.45. The Morgan fingerprint density at radius 2 is 1.70 bits per heavy atom. The molecule has 2 aromatic carbocycles. The van der Waals surface area contributed by atoms with Crippen LogP contribution in [0.1, 0.15) is 48.9 Å². The van der Waals surface area contributed by atoms with Gasteiger partial charge in [-0.25, -0.2) is 0 Å². The topological polar surface area (TPSA) is 57.8 Å². The van der Waals surface area contributed by atoms with Crippen molar-refractivity contribution in [3.8, 4) is 11.3 Å². The number of aromatic amines is 1. The average molecular weight is 357 g/mol. The van der Waals surface area contributed by atoms with Crippen LogP contribution in [0.25, 0.3) is 11.3 Å². The van der Waals surface area contributed by atoms with E-state index in [1.165, 1.54) is 23.1 Å². The van der Waals surface area contributed by atoms with Gasteiger partial charge in [0.2, 0.25) is 5.91 Å². The molecule has 2 aliphatic carbocycles. The van der Waals surface area contributed by atoms with E-state index < -0.39 is 5.41 Å². The van der Waals surface area contributed by atoms with Gasteiger partial charge < -0.3 is 5.32 Å². The van der Waals surface area contributed by atoms with Crippen molar-refractivity contribution in [1.29, 1.82) is 0 Å². The number of carbonyl (C=O) groups excluding carboxylic acids is 1. The number of hydrogen-bond donors (Lipinski definition) is 2. The van der Waals surface area contributed by atoms with Gasteiger partial charge in [0, 0.05) is 23.2 Å². The number of aromatic nitrogens is 2. The number of fused-ring (bicyclic) bond motifs is 3. The summed E-state index contributed by atoms with van der Waals surface area (Å²) in [4.78, 5) is 13.5. The summed E-state index contributed by atoms with van der Waals surface area (Å²) in [6.45, 7) is 0. The number of benzene rings is 2. The first-order chi connectivity index (χ1) is 13.3. The van der Waals surface area contributed by atoms with Crippen molar-refractivity contribution in [1.82, 2.24) is 10.2 Å². The highest BCUT2D eigenvalue weighted by atomic mass is 16.2. The number of nitrogens with zero attached hydrogens (tertiary/aromatic N) is 1. The zero-order valence-electron chi connectivity index (χ0n) is 15.3. The summed E-state index contributed by atoms with van der Waals surface area (Å²) in [5.41, 5.74) is 6.11. The van der Waals surface area contributed by atoms with Gasteiger partial charge >= 0.3 is 0 Å². The Labute approximate surface area is 159 Å². The van der Waals surface area contributed by atoms with E-state index in [0.29, 0.717) is 0 Å². The van der Waals surface area contributed by atoms with Crippen molar-refractivity contribution in [2.45, 2.75) is 43.9 Å². The van der Waals surface area contributed by atoms with E-state index in [1.54, 1.807) is 0 Å². The number of rotatable bonds is 3. The fraction of sp³-hybridized carbons (Fsp3) is 0.304. The Hall–Kier alpha value is -2.88. The Morgan fingerprint density at radius 3 is 2.52 bits per heavy atom. The molecule has 0 unspecified atom stereocenters. The van der Waals surface area contributed by atoms with Crippen molar-refractivity contribution in [2.24, 2.45) is 0 Å². The van der Waals surface area contributed by atoms with E-state index in [2.05, 4.69) is 39.8 Å². The second kappa shape index (κ2) is 6.38. The Morgan fingerprint density at radius 1 is 0.963 bits per heavy atom. The molecule has 1 heterocycles. The maximum atomic E-state index is 13.5. The number of carbonyl (C=O) groups is 1. The fourth-order valence-electron chi connectivity index (χ4n) is 4.77. The minimum absolute atomic E-state index is 0.0933. The normalized spacial score (nSPS) is 17.2. The van der Waals surface area contributed by atoms with Crippen molar-refractivity contribution >= 4 is 11.6 Å². The maximum Gasteiger partial charge on any atom is 0.236 e. The number of anilines is 1. The molecule has 27 heavy (non-hydrogen) atoms. The number of H-pyrrole nitrogens is 1. The summed E-state index contributed by atoms with van der Waals surface area (Å²) in [7, 11) is 0. The van der Waals surface area contributed by atoms with Crippen LogP contribution in [0.2, 0.25) is 0 Å². The smallest absolute Gasteiger partial charge is 0.236 e. The van der Waals surface area contributed by atoms with Crippen LogP contribution in [0.15, 0.2) is 54.6 Å². The lowest BCUT2D eigenvalue weighted by molar-refractivity contribution is -0.123. The van der Waals surface area contributed by atoms with Gasteiger partial charge in [-0.1, -0.05) is 61.7 Å². The third-order valence-electron chi connectivity index (χ3n) is 6.16. The summed E-state index contributed by atoms with van der Waals surface area (Å²) in [6, 6.07) is 18.2. The molecule has 0 spiro atoms. The van der Waals surface area contributed by atoms with E-state index in [-0.39, 0.29) is 5.91 Å². The third-order valence-corrected chi connectivity index (χ3v) is 6.16. The molecule has 1 amide bonds. The molecular weight excluding hydrogens is 334 g/mol. The van der Waals surface area contributed by atoms with Crippen LogP contribution in [-0.2, 0) is 16.6 Å². The van der Waals surface area contributed by atoms with Crippen LogP contribution in [0.3, 0.4) is 0 Å². The molecule has 3 aromatic rings. The summed E-state index contributed by atoms with van der Waals surface area (Å²) < 4.78 is 0. The molecule has 5 rings (SSSR count). The van der Waals surface area contributed by atoms with Crippen LogP contribution in [0.5, 0.6) is 0 Å². The average Bonchev–Trinajstić information content (AvgIpc) is 3.29. The zero-order chi connectivity index (χ0) is 18.3. The molecule has 2 N–H and O–H groups in total. The van der Waals surface area contributed by atoms with Gasteiger partial charge in [0.05, 0.1) is 16.8 Å². The van der Waals surface area contributed by atoms with E-state index in [1.807, 2.05) is 30.3 Å². The number of nitrogens with one attached hydrogen (secondary N) is 2. The molecule has 0 aliphatic heterocycles. The highest BCUT2D eigenvalue weighted by Crippen LogP contribution is 2.46. The van der Waals surface area contributed by atoms with E-state index in [9.17, 15) is 4.79 Å². The zero-order valence-corrected chi connectivity index (χ0v) is 15.3. The predicted molar refractivity (Wildman–Crippen MR) is 107 cm³/mol. The summed E-state index contributed by atoms with van der Waals surface area (Å²) in [6.07, 6.45) is 5.94. The van der Waals surface area contributed by atoms with Crippen LogP contribution >= 0.6 is 0 Å². The minimum atomic E-state index is -0.517. The van der Waals surface area contributed by atoms with Crippen molar-refractivity contribution in [3.63, 3.8) is 0 Å². The lowest BCUT2D eigenvalue weighted by atomic mass is 9.69. The first-order valence-corrected chi connectivity index (χ1v) is 9.80. The Kier molecular flexibility index (Phi) is 3.85. The van der Waals surface area contributed by atoms with Gasteiger partial charge in [0.25, 0.3) is 0 Å². The lowest BCUT2D eigenvalue weighted by Gasteiger charge is -2.35. The molecular formula is C23H23N3O. The molecule has 4 nitrogen and oxygen atoms in total. The van der Waals surface area contributed by atoms with Crippen LogP contribution < -0.4 is 5.32 Å². The molecule has 1 aromatic heterocycles. The molecule has 0 saturated heterocycles. The molecule has 1 saturated carbocycles. The first kappa shape index (κ1) is 16.3. The largest absolute Gasteiger partial charge is 0.325 e. The van der Waals surface area contributed by atoms with E-state index in [0.717, 1.165) is 49.2 Å². The number of hydrogen-bond acceptors (Lipinski definition) is 2. The van der Waals surface area contributed by atoms with Gasteiger partial charge in [-0.15, -0.1) is 0 Å². The van der Waals surface area contributed by atoms with Crippen LogP contribution in [-0.4, -0.2) is 16.1 Å². The number of para-hydroxylation sites is 1. The standard InChI is InChI=1S/C23H23N3O/c27-22(24-17-10-3-1-4-11-17)23(13-7-2-8-14-23)21-19-15-16-9-5-6-12-18(16)20(19)25-26-21/h1,3-6,9-12H,2,7-8,13-15H2,(H,24,27)(H,25,26). The number of amides is 1. The van der Waals surface area contributed by atoms with Gasteiger partial charge in [-0.05, 0) is 30.5 Å². The maximum absolute atomic E-state index is 13.5. The van der Waals surface area contributed by atoms with Gasteiger partial charge in [-0.2, -0.15) is 5.10 Å². The SMILES string of the molecule is O=C(Nc1ccccc1)C1(c2[nH]nc3c2Cc2ccccc2-3)CCCCC1. The van der Waals surface area contributed by atoms with E-state index in [4.69, 9.17) is 0 Å². The summed E-state index contributed by atoms with van der Waals surface area (Å²) in [5.74, 6) is 0.0933. The molecule has 0 bridgehead atoms. The molecule has 0 atom stereocenters. The first-order valence-electron chi connectivity index (χ1n) is 9.80. The second-order valence-corrected chi connectivity index (χ2v) is 7.72. The quantitative estimate of drug-likeness (QED) is 0.552. The highest BCUT2D eigenvalue weighted by molar-refractivity contribution is 5.99. The molecule has 4 heteroatoms. The monoisotopic (exact) mass is 357 g/mol. The summed E-state index contributed by atoms with van der Waals surface area (Å²) >= 11 is 0. The van der Waals surface area contributed by atoms with Crippen molar-refractivity contribution in [2.75, 3.05) is 5.32 Å². The minimum Gasteiger partial charge on any atom is -0.325 e. The molecule has 2 aliphatic rings. The van der Waals surface area contributed by atoms with Gasteiger partial charge in [0.15, 0.2) is 0 Å². The molecule has 136 valence electrons. The molecule has 1 fully saturated rings. The van der Waals surface area contributed by atoms with Crippen LogP contribution in [0.4, 0.5) is 5.69 Å². The van der Waals surface area contributed by atoms with Crippen molar-refractivity contribution < 1.29 is 4.79 Å². The van der Waals surface area contributed by atoms with E-state index >= 15 is 0 Å². The van der Waals surface area contributed by atoms with Crippen LogP contribution in [0, 0.1) is 0 Å². The Balaban J connectivity index is 1.56. The third kappa shape index (κ3) is 2.59. The van der Waals surface area contributed by atoms with Gasteiger partial charge in [-0.3, -0.25) is 9.89 Å². The predicted octanol–water partition coefficient (Wildman–Crippen LogP) is 4.82. The summed E-state index contributed by atoms with van der Waals surface area (Å²) in [5, 5.41) is 11.1. The van der Waals surface area contributed by atoms with Crippen molar-refractivity contribution in [3.05, 3.63) is 71.4 Å². The fourth-order valence-corrected chi connectivity index (χ4v) is 4.77. The Bertz CT molecular complexity index is 984. The molecule has 0 radical (unpaired) electrons. The lowest BCUT2D eigenvalue weighted by Crippen LogP contribution is -2.43.